The fraction of sp³-hybridized carbons (Fsp3) is 0.143. The number of amides is 2. The van der Waals surface area contributed by atoms with E-state index in [9.17, 15) is 4.79 Å². The summed E-state index contributed by atoms with van der Waals surface area (Å²) < 4.78 is 0. The molecule has 0 aliphatic heterocycles. The molecule has 0 bridgehead atoms. The van der Waals surface area contributed by atoms with Crippen molar-refractivity contribution in [1.29, 1.82) is 5.26 Å². The van der Waals surface area contributed by atoms with Crippen molar-refractivity contribution in [3.63, 3.8) is 0 Å². The number of nitrogens with one attached hydrogen (secondary N) is 1. The van der Waals surface area contributed by atoms with Crippen molar-refractivity contribution >= 4 is 23.5 Å². The molecule has 106 valence electrons. The number of hydrogen-bond acceptors (Lipinski definition) is 5. The zero-order valence-electron chi connectivity index (χ0n) is 11.6. The van der Waals surface area contributed by atoms with Crippen molar-refractivity contribution in [3.8, 4) is 6.07 Å². The lowest BCUT2D eigenvalue weighted by Gasteiger charge is -2.12. The highest BCUT2D eigenvalue weighted by Crippen LogP contribution is 2.26. The van der Waals surface area contributed by atoms with Gasteiger partial charge >= 0.3 is 6.03 Å². The number of anilines is 1. The van der Waals surface area contributed by atoms with Gasteiger partial charge in [0.1, 0.15) is 11.1 Å². The lowest BCUT2D eigenvalue weighted by Crippen LogP contribution is -2.27. The average molecular weight is 299 g/mol. The van der Waals surface area contributed by atoms with Crippen LogP contribution in [0.1, 0.15) is 5.69 Å². The summed E-state index contributed by atoms with van der Waals surface area (Å²) in [6, 6.07) is 9.14. The van der Waals surface area contributed by atoms with Gasteiger partial charge in [-0.2, -0.15) is 5.26 Å². The minimum absolute atomic E-state index is 0.178. The molecule has 0 saturated carbocycles. The minimum atomic E-state index is -0.178. The Kier molecular flexibility index (Phi) is 4.74. The molecule has 0 fully saturated rings. The molecule has 7 heteroatoms. The van der Waals surface area contributed by atoms with Gasteiger partial charge in [0.25, 0.3) is 0 Å². The predicted octanol–water partition coefficient (Wildman–Crippen LogP) is 2.59. The van der Waals surface area contributed by atoms with Crippen molar-refractivity contribution < 1.29 is 4.79 Å². The van der Waals surface area contributed by atoms with Gasteiger partial charge in [-0.05, 0) is 24.3 Å². The molecule has 1 aromatic carbocycles. The second kappa shape index (κ2) is 6.72. The Labute approximate surface area is 126 Å². The Balaban J connectivity index is 2.05. The first-order chi connectivity index (χ1) is 10.1. The minimum Gasteiger partial charge on any atom is -0.331 e. The molecule has 2 rings (SSSR count). The third-order valence-corrected chi connectivity index (χ3v) is 3.37. The molecule has 1 aromatic heterocycles. The summed E-state index contributed by atoms with van der Waals surface area (Å²) in [5.41, 5.74) is 1.00. The van der Waals surface area contributed by atoms with Crippen LogP contribution >= 0.6 is 11.8 Å². The number of nitrogens with zero attached hydrogens (tertiary/aromatic N) is 4. The van der Waals surface area contributed by atoms with Crippen LogP contribution in [0.4, 0.5) is 10.5 Å². The van der Waals surface area contributed by atoms with Crippen molar-refractivity contribution in [1.82, 2.24) is 14.9 Å². The smallest absolute Gasteiger partial charge is 0.321 e. The maximum atomic E-state index is 11.5. The molecule has 0 spiro atoms. The van der Waals surface area contributed by atoms with E-state index in [0.717, 1.165) is 10.6 Å². The summed E-state index contributed by atoms with van der Waals surface area (Å²) in [5.74, 6) is 0. The number of aromatic nitrogens is 2. The van der Waals surface area contributed by atoms with Crippen LogP contribution in [0.5, 0.6) is 0 Å². The molecular formula is C14H13N5OS. The monoisotopic (exact) mass is 299 g/mol. The molecule has 0 aliphatic rings. The van der Waals surface area contributed by atoms with Gasteiger partial charge in [-0.1, -0.05) is 11.8 Å². The third kappa shape index (κ3) is 4.19. The van der Waals surface area contributed by atoms with Gasteiger partial charge in [-0.3, -0.25) is 4.98 Å². The summed E-state index contributed by atoms with van der Waals surface area (Å²) >= 11 is 1.40. The van der Waals surface area contributed by atoms with E-state index >= 15 is 0 Å². The van der Waals surface area contributed by atoms with Gasteiger partial charge < -0.3 is 10.2 Å². The van der Waals surface area contributed by atoms with Crippen LogP contribution in [0.15, 0.2) is 46.6 Å². The Hall–Kier alpha value is -2.59. The van der Waals surface area contributed by atoms with Crippen molar-refractivity contribution in [3.05, 3.63) is 42.4 Å². The molecule has 1 N–H and O–H groups in total. The molecular weight excluding hydrogens is 286 g/mol. The normalized spacial score (nSPS) is 9.76. The van der Waals surface area contributed by atoms with Crippen LogP contribution in [-0.2, 0) is 0 Å². The van der Waals surface area contributed by atoms with Crippen molar-refractivity contribution in [2.24, 2.45) is 0 Å². The van der Waals surface area contributed by atoms with Gasteiger partial charge in [0.05, 0.1) is 12.4 Å². The van der Waals surface area contributed by atoms with Gasteiger partial charge in [0, 0.05) is 24.7 Å². The molecule has 2 amide bonds. The molecule has 0 aliphatic carbocycles. The van der Waals surface area contributed by atoms with E-state index < -0.39 is 0 Å². The van der Waals surface area contributed by atoms with Crippen LogP contribution in [0.2, 0.25) is 0 Å². The Morgan fingerprint density at radius 3 is 2.62 bits per heavy atom. The second-order valence-electron chi connectivity index (χ2n) is 4.31. The Morgan fingerprint density at radius 2 is 2.00 bits per heavy atom. The number of rotatable bonds is 3. The van der Waals surface area contributed by atoms with E-state index in [4.69, 9.17) is 5.26 Å². The number of urea groups is 1. The highest BCUT2D eigenvalue weighted by Gasteiger charge is 2.05. The molecule has 2 aromatic rings. The molecule has 0 saturated heterocycles. The molecule has 0 unspecified atom stereocenters. The topological polar surface area (TPSA) is 81.9 Å². The fourth-order valence-electron chi connectivity index (χ4n) is 1.41. The van der Waals surface area contributed by atoms with Gasteiger partial charge in [-0.25, -0.2) is 9.78 Å². The van der Waals surface area contributed by atoms with E-state index in [0.29, 0.717) is 5.03 Å². The molecule has 0 atom stereocenters. The largest absolute Gasteiger partial charge is 0.331 e. The van der Waals surface area contributed by atoms with Gasteiger partial charge in [0.15, 0.2) is 5.69 Å². The molecule has 1 heterocycles. The number of carbonyl (C=O) groups is 1. The lowest BCUT2D eigenvalue weighted by atomic mass is 10.3. The standard InChI is InChI=1S/C14H13N5OS/c1-19(2)14(20)18-10-3-5-12(6-4-10)21-13-9-16-8-11(7-15)17-13/h3-6,8-9H,1-2H3,(H,18,20). The molecule has 21 heavy (non-hydrogen) atoms. The van der Waals surface area contributed by atoms with Crippen LogP contribution in [-0.4, -0.2) is 35.0 Å². The molecule has 6 nitrogen and oxygen atoms in total. The van der Waals surface area contributed by atoms with E-state index in [1.54, 1.807) is 20.3 Å². The maximum Gasteiger partial charge on any atom is 0.321 e. The van der Waals surface area contributed by atoms with Crippen LogP contribution < -0.4 is 5.32 Å². The highest BCUT2D eigenvalue weighted by atomic mass is 32.2. The first-order valence-electron chi connectivity index (χ1n) is 6.07. The number of hydrogen-bond donors (Lipinski definition) is 1. The van der Waals surface area contributed by atoms with E-state index in [1.807, 2.05) is 30.3 Å². The Morgan fingerprint density at radius 1 is 1.29 bits per heavy atom. The van der Waals surface area contributed by atoms with E-state index in [1.165, 1.54) is 22.9 Å². The maximum absolute atomic E-state index is 11.5. The van der Waals surface area contributed by atoms with Gasteiger partial charge in [0.2, 0.25) is 0 Å². The summed E-state index contributed by atoms with van der Waals surface area (Å²) in [6.07, 6.45) is 3.02. The fourth-order valence-corrected chi connectivity index (χ4v) is 2.18. The van der Waals surface area contributed by atoms with Crippen LogP contribution in [0.25, 0.3) is 0 Å². The summed E-state index contributed by atoms with van der Waals surface area (Å²) in [5, 5.41) is 12.2. The lowest BCUT2D eigenvalue weighted by molar-refractivity contribution is 0.230. The van der Waals surface area contributed by atoms with E-state index in [2.05, 4.69) is 15.3 Å². The van der Waals surface area contributed by atoms with Crippen molar-refractivity contribution in [2.75, 3.05) is 19.4 Å². The van der Waals surface area contributed by atoms with Crippen LogP contribution in [0, 0.1) is 11.3 Å². The number of nitriles is 1. The predicted molar refractivity (Wildman–Crippen MR) is 80.0 cm³/mol. The zero-order chi connectivity index (χ0) is 15.2. The molecule has 0 radical (unpaired) electrons. The van der Waals surface area contributed by atoms with Gasteiger partial charge in [-0.15, -0.1) is 0 Å². The summed E-state index contributed by atoms with van der Waals surface area (Å²) in [7, 11) is 3.36. The second-order valence-corrected chi connectivity index (χ2v) is 5.40. The Bertz CT molecular complexity index is 679. The van der Waals surface area contributed by atoms with Crippen molar-refractivity contribution in [2.45, 2.75) is 9.92 Å². The third-order valence-electron chi connectivity index (χ3n) is 2.46. The highest BCUT2D eigenvalue weighted by molar-refractivity contribution is 7.99. The first-order valence-corrected chi connectivity index (χ1v) is 6.88. The van der Waals surface area contributed by atoms with E-state index in [-0.39, 0.29) is 11.7 Å². The summed E-state index contributed by atoms with van der Waals surface area (Å²) in [6.45, 7) is 0. The average Bonchev–Trinajstić information content (AvgIpc) is 2.49. The summed E-state index contributed by atoms with van der Waals surface area (Å²) in [4.78, 5) is 22.0. The quantitative estimate of drug-likeness (QED) is 0.942. The first kappa shape index (κ1) is 14.8. The van der Waals surface area contributed by atoms with Crippen LogP contribution in [0.3, 0.4) is 0 Å². The number of benzene rings is 1. The SMILES string of the molecule is CN(C)C(=O)Nc1ccc(Sc2cncc(C#N)n2)cc1. The number of carbonyl (C=O) groups excluding carboxylic acids is 1. The zero-order valence-corrected chi connectivity index (χ0v) is 12.4.